The van der Waals surface area contributed by atoms with Crippen LogP contribution in [0.3, 0.4) is 0 Å². The zero-order valence-electron chi connectivity index (χ0n) is 19.2. The van der Waals surface area contributed by atoms with E-state index in [0.29, 0.717) is 29.8 Å². The summed E-state index contributed by atoms with van der Waals surface area (Å²) in [6.45, 7) is 2.07. The highest BCUT2D eigenvalue weighted by atomic mass is 35.5. The molecule has 1 saturated carbocycles. The number of amides is 1. The number of aromatic nitrogens is 1. The Labute approximate surface area is 200 Å². The minimum atomic E-state index is -0.0348. The molecule has 0 radical (unpaired) electrons. The molecule has 1 amide bonds. The van der Waals surface area contributed by atoms with Crippen molar-refractivity contribution in [1.29, 1.82) is 0 Å². The maximum atomic E-state index is 12.8. The lowest BCUT2D eigenvalue weighted by Crippen LogP contribution is -2.38. The molecule has 2 N–H and O–H groups in total. The SMILES string of the molecule is CNC(=O)c1ccc(C2CC2c2cc(C)nc3ccccc23)c(Cl)c1C1C[C@H]2CC[C@@H](C1)N2. The van der Waals surface area contributed by atoms with E-state index in [2.05, 4.69) is 54.0 Å². The van der Waals surface area contributed by atoms with E-state index in [1.165, 1.54) is 29.4 Å². The third kappa shape index (κ3) is 3.64. The number of hydrogen-bond acceptors (Lipinski definition) is 3. The van der Waals surface area contributed by atoms with Crippen molar-refractivity contribution in [1.82, 2.24) is 15.6 Å². The van der Waals surface area contributed by atoms with Crippen LogP contribution in [0.25, 0.3) is 10.9 Å². The summed E-state index contributed by atoms with van der Waals surface area (Å²) in [5, 5.41) is 8.62. The zero-order valence-corrected chi connectivity index (χ0v) is 20.0. The van der Waals surface area contributed by atoms with Crippen molar-refractivity contribution < 1.29 is 4.79 Å². The van der Waals surface area contributed by atoms with E-state index in [1.54, 1.807) is 7.05 Å². The van der Waals surface area contributed by atoms with Crippen LogP contribution in [0.5, 0.6) is 0 Å². The van der Waals surface area contributed by atoms with Gasteiger partial charge in [-0.2, -0.15) is 0 Å². The van der Waals surface area contributed by atoms with Crippen LogP contribution in [0, 0.1) is 6.92 Å². The normalized spacial score (nSPS) is 28.2. The molecule has 2 saturated heterocycles. The van der Waals surface area contributed by atoms with Gasteiger partial charge in [0.05, 0.1) is 5.52 Å². The lowest BCUT2D eigenvalue weighted by molar-refractivity contribution is 0.0961. The highest BCUT2D eigenvalue weighted by molar-refractivity contribution is 6.33. The smallest absolute Gasteiger partial charge is 0.251 e. The average molecular weight is 460 g/mol. The highest BCUT2D eigenvalue weighted by Gasteiger charge is 2.43. The van der Waals surface area contributed by atoms with E-state index in [1.807, 2.05) is 6.07 Å². The van der Waals surface area contributed by atoms with Crippen molar-refractivity contribution in [3.05, 3.63) is 75.4 Å². The molecular weight excluding hydrogens is 430 g/mol. The Balaban J connectivity index is 1.39. The van der Waals surface area contributed by atoms with Gasteiger partial charge in [-0.15, -0.1) is 0 Å². The Morgan fingerprint density at radius 1 is 1.03 bits per heavy atom. The molecule has 2 aliphatic heterocycles. The van der Waals surface area contributed by atoms with Crippen molar-refractivity contribution in [3.63, 3.8) is 0 Å². The van der Waals surface area contributed by atoms with Gasteiger partial charge in [0.2, 0.25) is 0 Å². The van der Waals surface area contributed by atoms with Crippen molar-refractivity contribution in [2.24, 2.45) is 0 Å². The van der Waals surface area contributed by atoms with Gasteiger partial charge in [-0.05, 0) is 91.7 Å². The van der Waals surface area contributed by atoms with Crippen LogP contribution in [0.15, 0.2) is 42.5 Å². The highest BCUT2D eigenvalue weighted by Crippen LogP contribution is 2.58. The molecule has 0 spiro atoms. The molecule has 1 aromatic heterocycles. The number of rotatable bonds is 4. The van der Waals surface area contributed by atoms with Gasteiger partial charge in [0, 0.05) is 40.8 Å². The van der Waals surface area contributed by atoms with Crippen LogP contribution >= 0.6 is 11.6 Å². The summed E-state index contributed by atoms with van der Waals surface area (Å²) in [7, 11) is 1.70. The van der Waals surface area contributed by atoms with Crippen LogP contribution in [0.4, 0.5) is 0 Å². The fourth-order valence-corrected chi connectivity index (χ4v) is 6.91. The average Bonchev–Trinajstić information content (AvgIpc) is 3.54. The van der Waals surface area contributed by atoms with Gasteiger partial charge in [0.1, 0.15) is 0 Å². The van der Waals surface area contributed by atoms with Crippen molar-refractivity contribution in [2.45, 2.75) is 68.9 Å². The fourth-order valence-electron chi connectivity index (χ4n) is 6.45. The third-order valence-corrected chi connectivity index (χ3v) is 8.45. The van der Waals surface area contributed by atoms with Crippen molar-refractivity contribution >= 4 is 28.4 Å². The number of hydrogen-bond donors (Lipinski definition) is 2. The van der Waals surface area contributed by atoms with Gasteiger partial charge in [-0.3, -0.25) is 9.78 Å². The Kier molecular flexibility index (Phi) is 5.19. The summed E-state index contributed by atoms with van der Waals surface area (Å²) in [4.78, 5) is 17.5. The van der Waals surface area contributed by atoms with E-state index >= 15 is 0 Å². The standard InChI is InChI=1S/C28H30ClN3O/c1-15-11-22(19-5-3-4-6-25(19)31-15)24-14-23(24)20-9-10-21(28(33)30-2)26(27(20)29)16-12-17-7-8-18(13-16)32-17/h3-6,9-11,16-18,23-24,32H,7-8,12-14H2,1-2H3,(H,30,33)/t16?,17-,18+,23?,24?. The zero-order chi connectivity index (χ0) is 22.7. The van der Waals surface area contributed by atoms with E-state index in [4.69, 9.17) is 16.6 Å². The van der Waals surface area contributed by atoms with Crippen LogP contribution in [0.2, 0.25) is 5.02 Å². The molecule has 5 heteroatoms. The van der Waals surface area contributed by atoms with Crippen LogP contribution in [0.1, 0.15) is 82.6 Å². The Morgan fingerprint density at radius 2 is 1.76 bits per heavy atom. The Bertz CT molecular complexity index is 1240. The number of piperidine rings is 1. The number of pyridine rings is 1. The van der Waals surface area contributed by atoms with Gasteiger partial charge in [0.15, 0.2) is 0 Å². The molecule has 5 atom stereocenters. The lowest BCUT2D eigenvalue weighted by atomic mass is 9.82. The van der Waals surface area contributed by atoms with Crippen molar-refractivity contribution in [3.8, 4) is 0 Å². The second kappa shape index (κ2) is 8.11. The number of benzene rings is 2. The Morgan fingerprint density at radius 3 is 2.52 bits per heavy atom. The first-order valence-electron chi connectivity index (χ1n) is 12.2. The topological polar surface area (TPSA) is 54.0 Å². The summed E-state index contributed by atoms with van der Waals surface area (Å²) in [5.74, 6) is 1.13. The van der Waals surface area contributed by atoms with E-state index in [-0.39, 0.29) is 5.91 Å². The maximum Gasteiger partial charge on any atom is 0.251 e. The summed E-state index contributed by atoms with van der Waals surface area (Å²) in [6, 6.07) is 15.9. The van der Waals surface area contributed by atoms with Crippen LogP contribution in [-0.2, 0) is 0 Å². The van der Waals surface area contributed by atoms with Gasteiger partial charge >= 0.3 is 0 Å². The van der Waals surface area contributed by atoms with Gasteiger partial charge in [-0.25, -0.2) is 0 Å². The molecule has 1 aliphatic carbocycles. The van der Waals surface area contributed by atoms with E-state index < -0.39 is 0 Å². The number of para-hydroxylation sites is 1. The second-order valence-corrected chi connectivity index (χ2v) is 10.5. The first kappa shape index (κ1) is 21.1. The largest absolute Gasteiger partial charge is 0.355 e. The predicted molar refractivity (Wildman–Crippen MR) is 133 cm³/mol. The molecule has 33 heavy (non-hydrogen) atoms. The molecule has 4 nitrogen and oxygen atoms in total. The van der Waals surface area contributed by atoms with Gasteiger partial charge in [0.25, 0.3) is 5.91 Å². The number of fused-ring (bicyclic) bond motifs is 3. The first-order valence-corrected chi connectivity index (χ1v) is 12.6. The number of nitrogens with one attached hydrogen (secondary N) is 2. The minimum absolute atomic E-state index is 0.0348. The number of halogens is 1. The molecule has 3 unspecified atom stereocenters. The summed E-state index contributed by atoms with van der Waals surface area (Å²) in [5.41, 5.74) is 6.52. The first-order chi connectivity index (χ1) is 16.0. The second-order valence-electron chi connectivity index (χ2n) is 10.1. The quantitative estimate of drug-likeness (QED) is 0.516. The number of carbonyl (C=O) groups is 1. The van der Waals surface area contributed by atoms with E-state index in [9.17, 15) is 4.79 Å². The molecule has 2 bridgehead atoms. The molecule has 3 fully saturated rings. The molecule has 170 valence electrons. The van der Waals surface area contributed by atoms with Crippen molar-refractivity contribution in [2.75, 3.05) is 7.05 Å². The maximum absolute atomic E-state index is 12.8. The number of aryl methyl sites for hydroxylation is 1. The molecule has 3 aliphatic rings. The number of nitrogens with zero attached hydrogens (tertiary/aromatic N) is 1. The monoisotopic (exact) mass is 459 g/mol. The molecule has 3 heterocycles. The lowest BCUT2D eigenvalue weighted by Gasteiger charge is -2.31. The van der Waals surface area contributed by atoms with Gasteiger partial charge < -0.3 is 10.6 Å². The summed E-state index contributed by atoms with van der Waals surface area (Å²) >= 11 is 7.19. The third-order valence-electron chi connectivity index (χ3n) is 8.03. The molecule has 6 rings (SSSR count). The summed E-state index contributed by atoms with van der Waals surface area (Å²) < 4.78 is 0. The minimum Gasteiger partial charge on any atom is -0.355 e. The fraction of sp³-hybridized carbons (Fsp3) is 0.429. The Hall–Kier alpha value is -2.43. The van der Waals surface area contributed by atoms with Crippen LogP contribution < -0.4 is 10.6 Å². The molecular formula is C28H30ClN3O. The molecule has 2 aromatic carbocycles. The van der Waals surface area contributed by atoms with Crippen LogP contribution in [-0.4, -0.2) is 30.0 Å². The summed E-state index contributed by atoms with van der Waals surface area (Å²) in [6.07, 6.45) is 5.67. The predicted octanol–water partition coefficient (Wildman–Crippen LogP) is 5.83. The molecule has 3 aromatic rings. The van der Waals surface area contributed by atoms with Gasteiger partial charge in [-0.1, -0.05) is 35.9 Å². The number of carbonyl (C=O) groups excluding carboxylic acids is 1. The van der Waals surface area contributed by atoms with E-state index in [0.717, 1.165) is 46.6 Å².